The Balaban J connectivity index is 0.000000123. The summed E-state index contributed by atoms with van der Waals surface area (Å²) >= 11 is 1.72. The molecule has 0 amide bonds. The van der Waals surface area contributed by atoms with Crippen LogP contribution in [0, 0.1) is 51.1 Å². The number of anilines is 9. The molecule has 2 aliphatic rings. The number of para-hydroxylation sites is 11. The van der Waals surface area contributed by atoms with Crippen LogP contribution in [-0.4, -0.2) is 40.8 Å². The van der Waals surface area contributed by atoms with E-state index in [1.54, 1.807) is 17.5 Å². The minimum absolute atomic E-state index is 0. The number of fused-ring (bicyclic) bond motifs is 10. The molecule has 0 bridgehead atoms. The quantitative estimate of drug-likeness (QED) is 0.0936. The number of aromatic nitrogens is 7. The molecule has 22 aromatic rings. The maximum Gasteiger partial charge on any atom is 0.247 e. The molecule has 0 spiro atoms. The number of benzene rings is 14. The summed E-state index contributed by atoms with van der Waals surface area (Å²) in [7, 11) is 0. The smallest absolute Gasteiger partial charge is 0.247 e. The Bertz CT molecular complexity index is 7400. The Morgan fingerprint density at radius 3 is 0.992 bits per heavy atom. The Hall–Kier alpha value is -13.8. The van der Waals surface area contributed by atoms with E-state index >= 15 is 0 Å². The molecule has 16 heteroatoms. The molecule has 0 N–H and O–H groups in total. The van der Waals surface area contributed by atoms with Crippen LogP contribution in [0.1, 0.15) is 16.7 Å². The second kappa shape index (κ2) is 42.4. The van der Waals surface area contributed by atoms with Crippen molar-refractivity contribution in [3.63, 3.8) is 0 Å². The van der Waals surface area contributed by atoms with E-state index in [2.05, 4.69) is 379 Å². The second-order valence-electron chi connectivity index (χ2n) is 31.2. The Kier molecular flexibility index (Phi) is 29.4. The van der Waals surface area contributed by atoms with Gasteiger partial charge in [0.25, 0.3) is 0 Å². The van der Waals surface area contributed by atoms with Gasteiger partial charge in [0.2, 0.25) is 6.71 Å². The van der Waals surface area contributed by atoms with E-state index in [0.717, 1.165) is 106 Å². The van der Waals surface area contributed by atoms with Crippen molar-refractivity contribution in [3.8, 4) is 66.3 Å². The van der Waals surface area contributed by atoms with Gasteiger partial charge >= 0.3 is 0 Å². The Labute approximate surface area is 828 Å². The molecule has 24 rings (SSSR count). The van der Waals surface area contributed by atoms with Crippen LogP contribution in [0.4, 0.5) is 51.2 Å². The fourth-order valence-electron chi connectivity index (χ4n) is 17.7. The molecular weight excluding hydrogens is 2350 g/mol. The van der Waals surface area contributed by atoms with Crippen LogP contribution < -0.4 is 31.1 Å². The standard InChI is InChI=1S/C32H26BN2.C29H20N3.C23H15N2.C21H13N2S.C11H8N.4Ir/c1-22-19-23(2)32(24(3)20-22)33-27-13-4-6-16-30(27)35(31-17-7-5-14-28(31)33)26-12-10-11-25(21-26)29-15-8-9-18-34-29;1-2-12-23(13-3-1)31-26-16-4-6-18-28(26)32(29-19-7-5-17-27(29)31)24-14-10-11-22(21-24)25-15-8-9-20-30-25;1-3-13-22-19(10-1)20-11-2-4-14-23(20)25(22)18-9-7-8-17(16-18)21-12-5-6-15-24-21;1-3-10-18-15(7-1)16-8-2-4-11-19(16)23(18)21-13-12-20(24-21)17-9-5-6-14-22-17;1-2-6-10(7-3-1)11-8-4-5-9-12-11;;;;/h4-10,12-21H,1-3H3;1-10,12-21H;1-7,9-16H;1-11,13-14H;1-6,8-9H;;;;/q5*-1;;;;. The van der Waals surface area contributed by atoms with Gasteiger partial charge in [-0.3, -0.25) is 0 Å². The molecule has 132 heavy (non-hydrogen) atoms. The number of pyridine rings is 5. The molecule has 0 saturated carbocycles. The summed E-state index contributed by atoms with van der Waals surface area (Å²) < 4.78 is 4.63. The van der Waals surface area contributed by atoms with E-state index in [-0.39, 0.29) is 87.1 Å². The van der Waals surface area contributed by atoms with E-state index in [1.807, 2.05) is 158 Å². The van der Waals surface area contributed by atoms with Gasteiger partial charge in [-0.05, 0) is 185 Å². The summed E-state index contributed by atoms with van der Waals surface area (Å²) in [5.41, 5.74) is 33.1. The normalized spacial score (nSPS) is 11.3. The maximum absolute atomic E-state index is 4.55. The van der Waals surface area contributed by atoms with E-state index in [9.17, 15) is 0 Å². The van der Waals surface area contributed by atoms with E-state index in [0.29, 0.717) is 0 Å². The van der Waals surface area contributed by atoms with Gasteiger partial charge in [0, 0.05) is 161 Å². The van der Waals surface area contributed by atoms with Crippen LogP contribution >= 0.6 is 11.3 Å². The topological polar surface area (TPSA) is 84.0 Å². The first-order valence-electron chi connectivity index (χ1n) is 42.8. The van der Waals surface area contributed by atoms with Crippen molar-refractivity contribution in [2.24, 2.45) is 0 Å². The van der Waals surface area contributed by atoms with Crippen LogP contribution in [0.5, 0.6) is 0 Å². The minimum Gasteiger partial charge on any atom is -0.354 e. The molecule has 0 atom stereocenters. The van der Waals surface area contributed by atoms with Crippen LogP contribution in [-0.2, 0) is 80.4 Å². The molecule has 0 saturated heterocycles. The van der Waals surface area contributed by atoms with E-state index in [1.165, 1.54) is 88.1 Å². The first kappa shape index (κ1) is 91.5. The molecule has 10 nitrogen and oxygen atoms in total. The summed E-state index contributed by atoms with van der Waals surface area (Å²) in [4.78, 5) is 30.3. The fraction of sp³-hybridized carbons (Fsp3) is 0.0259. The molecule has 10 heterocycles. The molecule has 646 valence electrons. The summed E-state index contributed by atoms with van der Waals surface area (Å²) in [6.07, 6.45) is 9.08. The van der Waals surface area contributed by atoms with Gasteiger partial charge in [0.1, 0.15) is 0 Å². The third-order valence-corrected chi connectivity index (χ3v) is 24.2. The monoisotopic (exact) mass is 2430 g/mol. The van der Waals surface area contributed by atoms with Crippen molar-refractivity contribution >= 4 is 129 Å². The van der Waals surface area contributed by atoms with Crippen molar-refractivity contribution in [1.29, 1.82) is 0 Å². The van der Waals surface area contributed by atoms with Gasteiger partial charge in [-0.15, -0.1) is 131 Å². The third-order valence-electron chi connectivity index (χ3n) is 23.2. The summed E-state index contributed by atoms with van der Waals surface area (Å²) in [6.45, 7) is 6.86. The van der Waals surface area contributed by atoms with Crippen molar-refractivity contribution in [2.75, 3.05) is 14.7 Å². The third kappa shape index (κ3) is 19.0. The SMILES string of the molecule is Cc1cc(C)c(B2c3ccccc3N(c3cc[c-]c(-c4ccccn4)c3)c3ccccc32)c(C)c1.[Ir].[Ir].[Ir].[Ir].[c-]1cc(-n2c3ccccc3c3ccccc32)sc1-c1ccccn1.[c-]1ccc(-n2c3ccccc3c3ccccc32)cc1-c1ccccn1.[c-]1ccc(N2c3ccccc3N(c3ccccc3)c3ccccc32)cc1-c1ccccn1.[c-]1ccccc1-c1ccccn1. The molecule has 8 aromatic heterocycles. The number of aryl methyl sites for hydroxylation is 3. The molecule has 0 fully saturated rings. The van der Waals surface area contributed by atoms with Gasteiger partial charge in [0.05, 0.1) is 33.8 Å². The Morgan fingerprint density at radius 2 is 0.583 bits per heavy atom. The predicted octanol–water partition coefficient (Wildman–Crippen LogP) is 27.5. The number of rotatable bonds is 11. The van der Waals surface area contributed by atoms with Crippen LogP contribution in [0.3, 0.4) is 0 Å². The number of thiophene rings is 1. The fourth-order valence-corrected chi connectivity index (χ4v) is 18.7. The number of hydrogen-bond acceptors (Lipinski definition) is 9. The molecular formula is C116H82BIr4N10S-5. The Morgan fingerprint density at radius 1 is 0.258 bits per heavy atom. The van der Waals surface area contributed by atoms with Gasteiger partial charge in [0.15, 0.2) is 0 Å². The minimum atomic E-state index is 0. The largest absolute Gasteiger partial charge is 0.354 e. The van der Waals surface area contributed by atoms with Gasteiger partial charge in [-0.2, -0.15) is 6.07 Å². The summed E-state index contributed by atoms with van der Waals surface area (Å²) in [5, 5.41) is 6.26. The van der Waals surface area contributed by atoms with Crippen LogP contribution in [0.15, 0.2) is 443 Å². The van der Waals surface area contributed by atoms with Gasteiger partial charge < -0.3 is 48.8 Å². The van der Waals surface area contributed by atoms with Crippen LogP contribution in [0.2, 0.25) is 0 Å². The zero-order valence-corrected chi connectivity index (χ0v) is 82.3. The number of hydrogen-bond donors (Lipinski definition) is 0. The van der Waals surface area contributed by atoms with E-state index < -0.39 is 0 Å². The van der Waals surface area contributed by atoms with Crippen molar-refractivity contribution in [1.82, 2.24) is 34.1 Å². The van der Waals surface area contributed by atoms with Crippen LogP contribution in [0.25, 0.3) is 110 Å². The van der Waals surface area contributed by atoms with Crippen molar-refractivity contribution < 1.29 is 80.4 Å². The average Bonchev–Trinajstić information content (AvgIpc) is 1.18. The van der Waals surface area contributed by atoms with Gasteiger partial charge in [-0.1, -0.05) is 251 Å². The van der Waals surface area contributed by atoms with Gasteiger partial charge in [-0.25, -0.2) is 11.3 Å². The second-order valence-corrected chi connectivity index (χ2v) is 32.2. The van der Waals surface area contributed by atoms with E-state index in [4.69, 9.17) is 0 Å². The average molecular weight is 2430 g/mol. The maximum atomic E-state index is 4.55. The molecule has 4 radical (unpaired) electrons. The molecule has 14 aromatic carbocycles. The first-order valence-corrected chi connectivity index (χ1v) is 43.6. The zero-order chi connectivity index (χ0) is 86.1. The molecule has 2 aliphatic heterocycles. The first-order chi connectivity index (χ1) is 63.3. The summed E-state index contributed by atoms with van der Waals surface area (Å²) in [5.74, 6) is 0. The zero-order valence-electron chi connectivity index (χ0n) is 71.9. The predicted molar refractivity (Wildman–Crippen MR) is 532 cm³/mol. The molecule has 0 unspecified atom stereocenters. The van der Waals surface area contributed by atoms with Crippen molar-refractivity contribution in [3.05, 3.63) is 491 Å². The number of nitrogens with zero attached hydrogens (tertiary/aromatic N) is 10. The van der Waals surface area contributed by atoms with Crippen molar-refractivity contribution in [2.45, 2.75) is 20.8 Å². The molecule has 0 aliphatic carbocycles. The summed E-state index contributed by atoms with van der Waals surface area (Å²) in [6, 6.07) is 159.